The summed E-state index contributed by atoms with van der Waals surface area (Å²) < 4.78 is 10.4. The average Bonchev–Trinajstić information content (AvgIpc) is 2.56. The number of benzene rings is 2. The molecular weight excluding hydrogens is 304 g/mol. The van der Waals surface area contributed by atoms with Crippen LogP contribution >= 0.6 is 0 Å². The number of hydrogen-bond donors (Lipinski definition) is 2. The number of hydrogen-bond acceptors (Lipinski definition) is 3. The van der Waals surface area contributed by atoms with Gasteiger partial charge in [0.2, 0.25) is 0 Å². The van der Waals surface area contributed by atoms with Crippen molar-refractivity contribution in [3.8, 4) is 11.5 Å². The second-order valence-electron chi connectivity index (χ2n) is 5.66. The van der Waals surface area contributed by atoms with Crippen LogP contribution in [0.1, 0.15) is 16.7 Å². The molecule has 0 heterocycles. The molecule has 0 spiro atoms. The molecule has 128 valence electrons. The number of carbonyl (C=O) groups is 1. The predicted octanol–water partition coefficient (Wildman–Crippen LogP) is 3.68. The molecular formula is C19H24N2O3. The van der Waals surface area contributed by atoms with Crippen LogP contribution in [0.4, 0.5) is 10.5 Å². The first-order chi connectivity index (χ1) is 11.5. The molecule has 5 nitrogen and oxygen atoms in total. The lowest BCUT2D eigenvalue weighted by molar-refractivity contribution is 0.252. The maximum Gasteiger partial charge on any atom is 0.319 e. The highest BCUT2D eigenvalue weighted by atomic mass is 16.5. The minimum Gasteiger partial charge on any atom is -0.497 e. The van der Waals surface area contributed by atoms with Crippen LogP contribution in [0, 0.1) is 13.8 Å². The molecule has 0 saturated carbocycles. The summed E-state index contributed by atoms with van der Waals surface area (Å²) in [5, 5.41) is 5.66. The number of ether oxygens (including phenoxy) is 2. The Morgan fingerprint density at radius 1 is 1.00 bits per heavy atom. The number of amides is 2. The third kappa shape index (κ3) is 4.91. The number of carbonyl (C=O) groups excluding carboxylic acids is 1. The van der Waals surface area contributed by atoms with E-state index in [2.05, 4.69) is 42.7 Å². The smallest absolute Gasteiger partial charge is 0.319 e. The van der Waals surface area contributed by atoms with Crippen molar-refractivity contribution in [2.75, 3.05) is 26.1 Å². The summed E-state index contributed by atoms with van der Waals surface area (Å²) in [6.45, 7) is 4.73. The van der Waals surface area contributed by atoms with Gasteiger partial charge in [0.15, 0.2) is 0 Å². The van der Waals surface area contributed by atoms with E-state index in [1.165, 1.54) is 16.7 Å². The van der Waals surface area contributed by atoms with Gasteiger partial charge in [-0.2, -0.15) is 0 Å². The summed E-state index contributed by atoms with van der Waals surface area (Å²) in [5.74, 6) is 1.25. The van der Waals surface area contributed by atoms with Gasteiger partial charge in [-0.15, -0.1) is 0 Å². The molecule has 0 bridgehead atoms. The van der Waals surface area contributed by atoms with E-state index in [1.807, 2.05) is 0 Å². The summed E-state index contributed by atoms with van der Waals surface area (Å²) in [6, 6.07) is 11.3. The Morgan fingerprint density at radius 2 is 1.67 bits per heavy atom. The summed E-state index contributed by atoms with van der Waals surface area (Å²) in [5.41, 5.74) is 4.35. The molecule has 2 N–H and O–H groups in total. The van der Waals surface area contributed by atoms with Crippen LogP contribution in [0.25, 0.3) is 0 Å². The molecule has 2 rings (SSSR count). The highest BCUT2D eigenvalue weighted by Crippen LogP contribution is 2.25. The van der Waals surface area contributed by atoms with Gasteiger partial charge in [-0.1, -0.05) is 23.8 Å². The Kier molecular flexibility index (Phi) is 6.07. The van der Waals surface area contributed by atoms with Crippen LogP contribution in [0.5, 0.6) is 11.5 Å². The van der Waals surface area contributed by atoms with E-state index < -0.39 is 0 Å². The van der Waals surface area contributed by atoms with Crippen LogP contribution in [-0.4, -0.2) is 26.8 Å². The molecule has 2 aromatic carbocycles. The lowest BCUT2D eigenvalue weighted by Crippen LogP contribution is -2.30. The van der Waals surface area contributed by atoms with Crippen molar-refractivity contribution in [1.82, 2.24) is 5.32 Å². The minimum atomic E-state index is -0.255. The molecule has 2 amide bonds. The second kappa shape index (κ2) is 8.24. The number of aryl methyl sites for hydroxylation is 2. The highest BCUT2D eigenvalue weighted by Gasteiger charge is 2.06. The lowest BCUT2D eigenvalue weighted by atomic mass is 10.0. The van der Waals surface area contributed by atoms with E-state index in [0.29, 0.717) is 23.7 Å². The first kappa shape index (κ1) is 17.7. The van der Waals surface area contributed by atoms with Gasteiger partial charge in [0, 0.05) is 30.4 Å². The van der Waals surface area contributed by atoms with E-state index in [-0.39, 0.29) is 6.03 Å². The second-order valence-corrected chi connectivity index (χ2v) is 5.66. The fraction of sp³-hybridized carbons (Fsp3) is 0.316. The maximum atomic E-state index is 12.0. The zero-order valence-corrected chi connectivity index (χ0v) is 14.6. The summed E-state index contributed by atoms with van der Waals surface area (Å²) >= 11 is 0. The largest absolute Gasteiger partial charge is 0.497 e. The summed E-state index contributed by atoms with van der Waals surface area (Å²) in [6.07, 6.45) is 0.793. The molecule has 0 aliphatic heterocycles. The lowest BCUT2D eigenvalue weighted by Gasteiger charge is -2.11. The normalized spacial score (nSPS) is 10.2. The predicted molar refractivity (Wildman–Crippen MR) is 96.2 cm³/mol. The Hall–Kier alpha value is -2.69. The van der Waals surface area contributed by atoms with Gasteiger partial charge in [-0.05, 0) is 31.4 Å². The van der Waals surface area contributed by atoms with Gasteiger partial charge in [-0.3, -0.25) is 0 Å². The van der Waals surface area contributed by atoms with E-state index in [9.17, 15) is 4.79 Å². The van der Waals surface area contributed by atoms with Gasteiger partial charge in [0.05, 0.1) is 14.2 Å². The topological polar surface area (TPSA) is 59.6 Å². The number of nitrogens with one attached hydrogen (secondary N) is 2. The standard InChI is InChI=1S/C19H24N2O3/c1-13-5-6-15(14(2)9-13)7-8-20-19(22)21-16-10-17(23-3)12-18(11-16)24-4/h5-6,9-12H,7-8H2,1-4H3,(H2,20,21,22). The molecule has 2 aromatic rings. The van der Waals surface area contributed by atoms with Crippen molar-refractivity contribution in [2.24, 2.45) is 0 Å². The quantitative estimate of drug-likeness (QED) is 0.850. The molecule has 5 heteroatoms. The van der Waals surface area contributed by atoms with Crippen LogP contribution in [0.3, 0.4) is 0 Å². The van der Waals surface area contributed by atoms with Gasteiger partial charge in [0.25, 0.3) is 0 Å². The van der Waals surface area contributed by atoms with Crippen molar-refractivity contribution in [1.29, 1.82) is 0 Å². The van der Waals surface area contributed by atoms with Crippen LogP contribution < -0.4 is 20.1 Å². The molecule has 0 radical (unpaired) electrons. The van der Waals surface area contributed by atoms with Crippen molar-refractivity contribution in [2.45, 2.75) is 20.3 Å². The zero-order chi connectivity index (χ0) is 17.5. The summed E-state index contributed by atoms with van der Waals surface area (Å²) in [4.78, 5) is 12.0. The maximum absolute atomic E-state index is 12.0. The Morgan fingerprint density at radius 3 is 2.25 bits per heavy atom. The van der Waals surface area contributed by atoms with Crippen LogP contribution in [-0.2, 0) is 6.42 Å². The van der Waals surface area contributed by atoms with E-state index in [1.54, 1.807) is 32.4 Å². The number of methoxy groups -OCH3 is 2. The first-order valence-electron chi connectivity index (χ1n) is 7.86. The van der Waals surface area contributed by atoms with E-state index >= 15 is 0 Å². The zero-order valence-electron chi connectivity index (χ0n) is 14.6. The number of urea groups is 1. The Labute approximate surface area is 143 Å². The molecule has 0 atom stereocenters. The molecule has 0 fully saturated rings. The molecule has 0 saturated heterocycles. The van der Waals surface area contributed by atoms with Gasteiger partial charge < -0.3 is 20.1 Å². The first-order valence-corrected chi connectivity index (χ1v) is 7.86. The third-order valence-corrected chi connectivity index (χ3v) is 3.79. The fourth-order valence-corrected chi connectivity index (χ4v) is 2.49. The van der Waals surface area contributed by atoms with Gasteiger partial charge in [-0.25, -0.2) is 4.79 Å². The van der Waals surface area contributed by atoms with E-state index in [4.69, 9.17) is 9.47 Å². The fourth-order valence-electron chi connectivity index (χ4n) is 2.49. The monoisotopic (exact) mass is 328 g/mol. The molecule has 0 aliphatic carbocycles. The molecule has 0 unspecified atom stereocenters. The SMILES string of the molecule is COc1cc(NC(=O)NCCc2ccc(C)cc2C)cc(OC)c1. The van der Waals surface area contributed by atoms with Crippen molar-refractivity contribution in [3.05, 3.63) is 53.1 Å². The Balaban J connectivity index is 1.89. The number of rotatable bonds is 6. The van der Waals surface area contributed by atoms with Crippen LogP contribution in [0.2, 0.25) is 0 Å². The number of anilines is 1. The minimum absolute atomic E-state index is 0.255. The highest BCUT2D eigenvalue weighted by molar-refractivity contribution is 5.89. The van der Waals surface area contributed by atoms with Crippen molar-refractivity contribution >= 4 is 11.7 Å². The average molecular weight is 328 g/mol. The molecule has 0 aliphatic rings. The van der Waals surface area contributed by atoms with E-state index in [0.717, 1.165) is 6.42 Å². The third-order valence-electron chi connectivity index (χ3n) is 3.79. The summed E-state index contributed by atoms with van der Waals surface area (Å²) in [7, 11) is 3.14. The van der Waals surface area contributed by atoms with Gasteiger partial charge in [0.1, 0.15) is 11.5 Å². The van der Waals surface area contributed by atoms with Crippen molar-refractivity contribution < 1.29 is 14.3 Å². The Bertz CT molecular complexity index is 692. The van der Waals surface area contributed by atoms with Gasteiger partial charge >= 0.3 is 6.03 Å². The van der Waals surface area contributed by atoms with Crippen LogP contribution in [0.15, 0.2) is 36.4 Å². The van der Waals surface area contributed by atoms with Crippen molar-refractivity contribution in [3.63, 3.8) is 0 Å². The molecule has 0 aromatic heterocycles. The molecule has 24 heavy (non-hydrogen) atoms.